The third kappa shape index (κ3) is 29.3. The van der Waals surface area contributed by atoms with Crippen molar-refractivity contribution >= 4 is 118 Å². The maximum Gasteiger partial charge on any atom is 0.326 e. The zero-order chi connectivity index (χ0) is 87.9. The average molecular weight is 1680 g/mol. The summed E-state index contributed by atoms with van der Waals surface area (Å²) >= 11 is 1.51. The van der Waals surface area contributed by atoms with Gasteiger partial charge in [0.05, 0.1) is 37.9 Å². The maximum absolute atomic E-state index is 14.8. The number of aromatic nitrogens is 4. The number of rotatable bonds is 48. The van der Waals surface area contributed by atoms with Crippen LogP contribution < -0.4 is 69.5 Å². The predicted molar refractivity (Wildman–Crippen MR) is 422 cm³/mol. The number of nitrogens with zero attached hydrogens (tertiary/aromatic N) is 5. The molecular formula is C75H118N20O22S. The molecule has 3 aliphatic heterocycles. The predicted octanol–water partition coefficient (Wildman–Crippen LogP) is -4.33. The number of carboxylic acids is 3. The lowest BCUT2D eigenvalue weighted by Gasteiger charge is -2.33. The fourth-order valence-corrected chi connectivity index (χ4v) is 14.1. The lowest BCUT2D eigenvalue weighted by molar-refractivity contribution is -0.144. The molecule has 3 aliphatic rings. The van der Waals surface area contributed by atoms with Gasteiger partial charge in [0.2, 0.25) is 88.6 Å². The Hall–Kier alpha value is -10.8. The molecule has 0 unspecified atom stereocenters. The van der Waals surface area contributed by atoms with E-state index in [1.807, 2.05) is 6.26 Å². The number of thioether (sulfide) groups is 1. The summed E-state index contributed by atoms with van der Waals surface area (Å²) in [7, 11) is 0. The monoisotopic (exact) mass is 1680 g/mol. The number of likely N-dealkylation sites (tertiary alicyclic amines) is 3. The van der Waals surface area contributed by atoms with E-state index in [4.69, 9.17) is 10.8 Å². The van der Waals surface area contributed by atoms with Gasteiger partial charge in [-0.25, -0.2) is 14.8 Å². The molecule has 15 amide bonds. The summed E-state index contributed by atoms with van der Waals surface area (Å²) in [4.78, 5) is 262. The van der Waals surface area contributed by atoms with Crippen LogP contribution in [0.5, 0.6) is 0 Å². The van der Waals surface area contributed by atoms with Gasteiger partial charge in [-0.3, -0.25) is 81.5 Å². The third-order valence-corrected chi connectivity index (χ3v) is 21.7. The lowest BCUT2D eigenvalue weighted by Crippen LogP contribution is -2.63. The molecule has 118 heavy (non-hydrogen) atoms. The van der Waals surface area contributed by atoms with Gasteiger partial charge in [0, 0.05) is 69.1 Å². The van der Waals surface area contributed by atoms with Crippen molar-refractivity contribution in [2.24, 2.45) is 29.4 Å². The molecule has 0 spiro atoms. The Kier molecular flexibility index (Phi) is 39.4. The van der Waals surface area contributed by atoms with Gasteiger partial charge >= 0.3 is 17.9 Å². The number of H-pyrrole nitrogens is 2. The van der Waals surface area contributed by atoms with Gasteiger partial charge in [0.25, 0.3) is 0 Å². The van der Waals surface area contributed by atoms with E-state index in [0.717, 1.165) is 4.90 Å². The Bertz CT molecular complexity index is 3830. The SMILES string of the molecule is CC[C@H](C)[C@H](NC(=O)[C@@H](NC(=O)[C@@H]1CCCN1C(=O)[C@H](Cc1cnc[nH]1)NC(=O)[C@@H]1CCCN1C(=O)CNC(=O)[C@H](C)NC(=O)[C@@H](N)CCSC)C(C)C)C(=O)N[C@H](C(=O)N[C@H](C(=O)N[C@H](C(=O)NCC(=O)N1CCC[C@H]1C(=O)N[C@@H](Cc1cnc[nH]1)C(=O)N[C@@H](CCC(=O)O)C(=O)N[C@@H](CCC(=O)O)C(=O)O)[C@@H](C)O)[C@@H](C)CC)C(C)C. The first-order valence-electron chi connectivity index (χ1n) is 39.8. The van der Waals surface area contributed by atoms with Crippen molar-refractivity contribution in [3.63, 3.8) is 0 Å². The molecule has 0 saturated carbocycles. The molecule has 2 aromatic heterocycles. The number of carboxylic acid groups (broad SMARTS) is 3. The van der Waals surface area contributed by atoms with Crippen molar-refractivity contribution in [3.05, 3.63) is 36.4 Å². The van der Waals surface area contributed by atoms with Crippen molar-refractivity contribution in [2.45, 2.75) is 256 Å². The van der Waals surface area contributed by atoms with Gasteiger partial charge in [0.1, 0.15) is 78.5 Å². The van der Waals surface area contributed by atoms with Gasteiger partial charge in [-0.15, -0.1) is 0 Å². The third-order valence-electron chi connectivity index (χ3n) is 21.0. The van der Waals surface area contributed by atoms with E-state index in [-0.39, 0.29) is 64.6 Å². The zero-order valence-corrected chi connectivity index (χ0v) is 69.3. The Labute approximate surface area is 687 Å². The van der Waals surface area contributed by atoms with E-state index in [0.29, 0.717) is 42.8 Å². The quantitative estimate of drug-likeness (QED) is 0.0298. The van der Waals surface area contributed by atoms with Crippen LogP contribution in [-0.2, 0) is 99.1 Å². The van der Waals surface area contributed by atoms with Crippen LogP contribution in [0.1, 0.15) is 164 Å². The summed E-state index contributed by atoms with van der Waals surface area (Å²) < 4.78 is 0. The standard InChI is InChI=1S/C75H118N20O22S/c1-12-39(7)59(90-70(111)57(37(3)4)88-68(109)52-19-16-27-95(52)74(115)49(30-44-32-78-36-82-44)87-67(108)51-18-15-26-94(51)53(97)33-79-62(103)41(9)83-63(104)45(76)24-28-118-11)72(113)89-58(38(5)6)71(112)91-60(40(8)13-2)73(114)92-61(42(10)96)69(110)80-34-54(98)93-25-14-17-50(93)66(107)86-48(29-43-31-77-35-81-43)65(106)84-46(20-22-55(99)100)64(105)85-47(75(116)117)21-23-56(101)102/h31-32,35-42,45-52,57-61,96H,12-30,33-34,76H2,1-11H3,(H,77,81)(H,78,82)(H,79,103)(H,80,110)(H,83,104)(H,84,106)(H,85,105)(H,86,107)(H,87,108)(H,88,109)(H,89,113)(H,90,111)(H,91,112)(H,92,114)(H,99,100)(H,101,102)(H,116,117)/t39-,40-,41-,42+,45-,46-,47-,48-,49-,50-,51-,52-,57-,58-,59-,60-,61-/m0/s1. The molecule has 3 fully saturated rings. The number of hydrogen-bond donors (Lipinski definition) is 19. The van der Waals surface area contributed by atoms with Crippen LogP contribution in [0.25, 0.3) is 0 Å². The summed E-state index contributed by atoms with van der Waals surface area (Å²) in [6.07, 6.45) is 5.20. The van der Waals surface area contributed by atoms with Crippen molar-refractivity contribution in [1.29, 1.82) is 0 Å². The number of amides is 15. The largest absolute Gasteiger partial charge is 0.481 e. The number of carbonyl (C=O) groups excluding carboxylic acids is 15. The first-order chi connectivity index (χ1) is 55.7. The number of aliphatic carboxylic acids is 3. The number of aliphatic hydroxyl groups is 1. The Morgan fingerprint density at radius 2 is 0.864 bits per heavy atom. The van der Waals surface area contributed by atoms with Gasteiger partial charge in [-0.2, -0.15) is 11.8 Å². The van der Waals surface area contributed by atoms with Gasteiger partial charge in [0.15, 0.2) is 0 Å². The second-order valence-corrected chi connectivity index (χ2v) is 31.7. The molecule has 5 rings (SSSR count). The van der Waals surface area contributed by atoms with E-state index < -0.39 is 260 Å². The number of nitrogens with one attached hydrogen (secondary N) is 14. The van der Waals surface area contributed by atoms with Crippen LogP contribution in [-0.4, -0.2) is 297 Å². The summed E-state index contributed by atoms with van der Waals surface area (Å²) in [5.41, 5.74) is 6.69. The van der Waals surface area contributed by atoms with Gasteiger partial charge in [-0.05, 0) is 107 Å². The smallest absolute Gasteiger partial charge is 0.326 e. The van der Waals surface area contributed by atoms with Crippen LogP contribution in [0.15, 0.2) is 25.0 Å². The number of aromatic amines is 2. The molecule has 20 N–H and O–H groups in total. The molecule has 0 bridgehead atoms. The van der Waals surface area contributed by atoms with Crippen LogP contribution in [0, 0.1) is 23.7 Å². The molecule has 656 valence electrons. The zero-order valence-electron chi connectivity index (χ0n) is 68.5. The molecule has 42 nitrogen and oxygen atoms in total. The molecule has 0 aromatic carbocycles. The average Bonchev–Trinajstić information content (AvgIpc) is 1.67. The molecule has 2 aromatic rings. The van der Waals surface area contributed by atoms with E-state index >= 15 is 0 Å². The minimum Gasteiger partial charge on any atom is -0.481 e. The van der Waals surface area contributed by atoms with Crippen LogP contribution in [0.4, 0.5) is 0 Å². The summed E-state index contributed by atoms with van der Waals surface area (Å²) in [5.74, 6) is -18.5. The molecule has 0 radical (unpaired) electrons. The fraction of sp³-hybridized carbons (Fsp3) is 0.680. The molecule has 17 atom stereocenters. The van der Waals surface area contributed by atoms with Gasteiger partial charge in [-0.1, -0.05) is 68.2 Å². The van der Waals surface area contributed by atoms with Crippen LogP contribution in [0.3, 0.4) is 0 Å². The molecular weight excluding hydrogens is 1570 g/mol. The second kappa shape index (κ2) is 47.5. The molecule has 3 saturated heterocycles. The van der Waals surface area contributed by atoms with Crippen LogP contribution >= 0.6 is 11.8 Å². The number of hydrogen-bond acceptors (Lipinski definition) is 23. The highest BCUT2D eigenvalue weighted by atomic mass is 32.2. The summed E-state index contributed by atoms with van der Waals surface area (Å²) in [6.45, 7) is 14.8. The molecule has 43 heteroatoms. The molecule has 0 aliphatic carbocycles. The van der Waals surface area contributed by atoms with E-state index in [1.54, 1.807) is 55.4 Å². The highest BCUT2D eigenvalue weighted by molar-refractivity contribution is 7.98. The van der Waals surface area contributed by atoms with Crippen molar-refractivity contribution < 1.29 is 107 Å². The van der Waals surface area contributed by atoms with E-state index in [1.165, 1.54) is 60.5 Å². The number of carbonyl (C=O) groups is 18. The van der Waals surface area contributed by atoms with Crippen molar-refractivity contribution in [3.8, 4) is 0 Å². The normalized spacial score (nSPS) is 18.8. The second-order valence-electron chi connectivity index (χ2n) is 30.7. The summed E-state index contributed by atoms with van der Waals surface area (Å²) in [6, 6.07) is -18.8. The minimum absolute atomic E-state index is 0.0242. The Morgan fingerprint density at radius 3 is 1.31 bits per heavy atom. The number of imidazole rings is 2. The van der Waals surface area contributed by atoms with Crippen molar-refractivity contribution in [2.75, 3.05) is 44.7 Å². The summed E-state index contributed by atoms with van der Waals surface area (Å²) in [5, 5.41) is 69.9. The molecule has 5 heterocycles. The fourth-order valence-electron chi connectivity index (χ4n) is 13.6. The van der Waals surface area contributed by atoms with E-state index in [9.17, 15) is 102 Å². The Morgan fingerprint density at radius 1 is 0.466 bits per heavy atom. The first kappa shape index (κ1) is 97.7. The topological polar surface area (TPSA) is 626 Å². The Balaban J connectivity index is 1.22. The van der Waals surface area contributed by atoms with E-state index in [2.05, 4.69) is 83.7 Å². The number of nitrogens with two attached hydrogens (primary N) is 1. The minimum atomic E-state index is -1.76. The highest BCUT2D eigenvalue weighted by Gasteiger charge is 2.45. The lowest BCUT2D eigenvalue weighted by atomic mass is 9.94. The number of aliphatic hydroxyl groups excluding tert-OH is 1. The van der Waals surface area contributed by atoms with Crippen molar-refractivity contribution in [1.82, 2.24) is 98.4 Å². The highest BCUT2D eigenvalue weighted by Crippen LogP contribution is 2.24. The first-order valence-corrected chi connectivity index (χ1v) is 41.1. The maximum atomic E-state index is 14.8. The van der Waals surface area contributed by atoms with Gasteiger partial charge < -0.3 is 115 Å². The van der Waals surface area contributed by atoms with Crippen LogP contribution in [0.2, 0.25) is 0 Å².